The number of alkyl halides is 3. The molecule has 2 aromatic carbocycles. The van der Waals surface area contributed by atoms with E-state index in [4.69, 9.17) is 14.2 Å². The molecule has 1 atom stereocenters. The number of carbonyl (C=O) groups is 1. The first kappa shape index (κ1) is 20.4. The highest BCUT2D eigenvalue weighted by Gasteiger charge is 2.31. The number of benzene rings is 2. The van der Waals surface area contributed by atoms with Crippen molar-refractivity contribution in [2.75, 3.05) is 21.3 Å². The van der Waals surface area contributed by atoms with Gasteiger partial charge in [0.15, 0.2) is 11.5 Å². The van der Waals surface area contributed by atoms with E-state index in [0.717, 1.165) is 12.1 Å². The van der Waals surface area contributed by atoms with Gasteiger partial charge in [0.1, 0.15) is 5.75 Å². The van der Waals surface area contributed by atoms with Crippen LogP contribution < -0.4 is 19.5 Å². The number of methoxy groups -OCH3 is 3. The second kappa shape index (κ2) is 8.20. The molecule has 146 valence electrons. The van der Waals surface area contributed by atoms with Crippen LogP contribution in [-0.4, -0.2) is 27.2 Å². The molecule has 0 aromatic heterocycles. The predicted molar refractivity (Wildman–Crippen MR) is 93.4 cm³/mol. The zero-order valence-corrected chi connectivity index (χ0v) is 15.3. The van der Waals surface area contributed by atoms with Crippen molar-refractivity contribution in [3.63, 3.8) is 0 Å². The molecule has 1 N–H and O–H groups in total. The first-order chi connectivity index (χ1) is 12.7. The van der Waals surface area contributed by atoms with Gasteiger partial charge in [-0.25, -0.2) is 0 Å². The number of hydrogen-bond acceptors (Lipinski definition) is 4. The van der Waals surface area contributed by atoms with E-state index in [1.807, 2.05) is 0 Å². The van der Waals surface area contributed by atoms with E-state index in [9.17, 15) is 18.0 Å². The van der Waals surface area contributed by atoms with Crippen LogP contribution in [0.1, 0.15) is 34.5 Å². The van der Waals surface area contributed by atoms with Crippen LogP contribution in [-0.2, 0) is 6.18 Å². The van der Waals surface area contributed by atoms with Crippen LogP contribution in [0.15, 0.2) is 36.4 Å². The van der Waals surface area contributed by atoms with E-state index in [0.29, 0.717) is 17.1 Å². The zero-order valence-electron chi connectivity index (χ0n) is 15.3. The Bertz CT molecular complexity index is 821. The van der Waals surface area contributed by atoms with Crippen LogP contribution in [0.25, 0.3) is 0 Å². The van der Waals surface area contributed by atoms with E-state index in [2.05, 4.69) is 5.32 Å². The minimum Gasteiger partial charge on any atom is -0.496 e. The van der Waals surface area contributed by atoms with E-state index >= 15 is 0 Å². The monoisotopic (exact) mass is 383 g/mol. The topological polar surface area (TPSA) is 56.8 Å². The van der Waals surface area contributed by atoms with Crippen molar-refractivity contribution in [3.8, 4) is 17.2 Å². The maximum atomic E-state index is 12.9. The Morgan fingerprint density at radius 2 is 1.56 bits per heavy atom. The number of rotatable bonds is 6. The second-order valence-corrected chi connectivity index (χ2v) is 5.73. The molecule has 1 unspecified atom stereocenters. The highest BCUT2D eigenvalue weighted by atomic mass is 19.4. The lowest BCUT2D eigenvalue weighted by molar-refractivity contribution is -0.137. The van der Waals surface area contributed by atoms with E-state index in [1.54, 1.807) is 6.92 Å². The Morgan fingerprint density at radius 1 is 0.963 bits per heavy atom. The number of carbonyl (C=O) groups excluding carboxylic acids is 1. The summed E-state index contributed by atoms with van der Waals surface area (Å²) >= 11 is 0. The molecule has 0 saturated heterocycles. The van der Waals surface area contributed by atoms with E-state index < -0.39 is 23.7 Å². The quantitative estimate of drug-likeness (QED) is 0.811. The molecule has 27 heavy (non-hydrogen) atoms. The van der Waals surface area contributed by atoms with Crippen molar-refractivity contribution in [1.29, 1.82) is 0 Å². The molecule has 5 nitrogen and oxygen atoms in total. The van der Waals surface area contributed by atoms with Crippen molar-refractivity contribution in [2.45, 2.75) is 19.1 Å². The molecule has 0 aliphatic carbocycles. The predicted octanol–water partition coefficient (Wildman–Crippen LogP) is 4.22. The summed E-state index contributed by atoms with van der Waals surface area (Å²) in [7, 11) is 4.28. The van der Waals surface area contributed by atoms with Gasteiger partial charge in [-0.2, -0.15) is 13.2 Å². The van der Waals surface area contributed by atoms with Gasteiger partial charge in [-0.3, -0.25) is 4.79 Å². The van der Waals surface area contributed by atoms with Gasteiger partial charge in [-0.05, 0) is 24.6 Å². The lowest BCUT2D eigenvalue weighted by atomic mass is 10.0. The lowest BCUT2D eigenvalue weighted by Gasteiger charge is -2.18. The molecule has 2 aromatic rings. The standard InChI is InChI=1S/C19H20F3NO4/c1-11(12-6-5-7-13(8-12)19(20,21)22)23-18(24)14-9-16(26-3)17(27-4)10-15(14)25-2/h5-11H,1-4H3,(H,23,24). The molecular weight excluding hydrogens is 363 g/mol. The van der Waals surface area contributed by atoms with Crippen LogP contribution in [0.2, 0.25) is 0 Å². The fourth-order valence-corrected chi connectivity index (χ4v) is 2.55. The summed E-state index contributed by atoms with van der Waals surface area (Å²) < 4.78 is 54.2. The van der Waals surface area contributed by atoms with E-state index in [1.165, 1.54) is 45.6 Å². The Labute approximate surface area is 155 Å². The van der Waals surface area contributed by atoms with Crippen LogP contribution in [0.5, 0.6) is 17.2 Å². The maximum Gasteiger partial charge on any atom is 0.416 e. The van der Waals surface area contributed by atoms with Gasteiger partial charge in [0.2, 0.25) is 0 Å². The molecule has 0 bridgehead atoms. The van der Waals surface area contributed by atoms with Crippen molar-refractivity contribution >= 4 is 5.91 Å². The number of amides is 1. The normalized spacial score (nSPS) is 12.3. The number of hydrogen-bond donors (Lipinski definition) is 1. The maximum absolute atomic E-state index is 12.9. The fourth-order valence-electron chi connectivity index (χ4n) is 2.55. The Balaban J connectivity index is 2.29. The highest BCUT2D eigenvalue weighted by molar-refractivity contribution is 5.98. The van der Waals surface area contributed by atoms with Crippen LogP contribution >= 0.6 is 0 Å². The Kier molecular flexibility index (Phi) is 6.20. The van der Waals surface area contributed by atoms with Gasteiger partial charge in [0, 0.05) is 12.1 Å². The molecule has 2 rings (SSSR count). The number of halogens is 3. The van der Waals surface area contributed by atoms with Crippen molar-refractivity contribution < 1.29 is 32.2 Å². The van der Waals surface area contributed by atoms with Gasteiger partial charge in [0.05, 0.1) is 38.5 Å². The minimum absolute atomic E-state index is 0.175. The molecule has 0 fully saturated rings. The summed E-state index contributed by atoms with van der Waals surface area (Å²) in [4.78, 5) is 12.6. The van der Waals surface area contributed by atoms with Gasteiger partial charge < -0.3 is 19.5 Å². The third-order valence-electron chi connectivity index (χ3n) is 4.01. The van der Waals surface area contributed by atoms with Crippen molar-refractivity contribution in [3.05, 3.63) is 53.1 Å². The molecule has 0 radical (unpaired) electrons. The third kappa shape index (κ3) is 4.64. The molecule has 0 aliphatic heterocycles. The van der Waals surface area contributed by atoms with Crippen LogP contribution in [0, 0.1) is 0 Å². The van der Waals surface area contributed by atoms with Crippen molar-refractivity contribution in [2.24, 2.45) is 0 Å². The van der Waals surface area contributed by atoms with Gasteiger partial charge in [-0.15, -0.1) is 0 Å². The molecule has 0 heterocycles. The summed E-state index contributed by atoms with van der Waals surface area (Å²) in [5.74, 6) is 0.450. The summed E-state index contributed by atoms with van der Waals surface area (Å²) in [6.07, 6.45) is -4.45. The van der Waals surface area contributed by atoms with Crippen molar-refractivity contribution in [1.82, 2.24) is 5.32 Å². The minimum atomic E-state index is -4.45. The Hall–Kier alpha value is -2.90. The molecule has 0 aliphatic rings. The summed E-state index contributed by atoms with van der Waals surface area (Å²) in [5.41, 5.74) is -0.267. The average molecular weight is 383 g/mol. The van der Waals surface area contributed by atoms with Crippen LogP contribution in [0.4, 0.5) is 13.2 Å². The van der Waals surface area contributed by atoms with Gasteiger partial charge in [-0.1, -0.05) is 12.1 Å². The highest BCUT2D eigenvalue weighted by Crippen LogP contribution is 2.35. The SMILES string of the molecule is COc1cc(OC)c(C(=O)NC(C)c2cccc(C(F)(F)F)c2)cc1OC. The largest absolute Gasteiger partial charge is 0.496 e. The molecular formula is C19H20F3NO4. The van der Waals surface area contributed by atoms with Crippen LogP contribution in [0.3, 0.4) is 0 Å². The summed E-state index contributed by atoms with van der Waals surface area (Å²) in [6.45, 7) is 1.60. The molecule has 1 amide bonds. The zero-order chi connectivity index (χ0) is 20.2. The fraction of sp³-hybridized carbons (Fsp3) is 0.316. The third-order valence-corrected chi connectivity index (χ3v) is 4.01. The summed E-state index contributed by atoms with van der Waals surface area (Å²) in [6, 6.07) is 7.11. The van der Waals surface area contributed by atoms with Gasteiger partial charge >= 0.3 is 6.18 Å². The average Bonchev–Trinajstić information content (AvgIpc) is 2.66. The first-order valence-corrected chi connectivity index (χ1v) is 7.99. The molecule has 0 spiro atoms. The van der Waals surface area contributed by atoms with E-state index in [-0.39, 0.29) is 11.3 Å². The second-order valence-electron chi connectivity index (χ2n) is 5.73. The number of ether oxygens (including phenoxy) is 3. The summed E-state index contributed by atoms with van der Waals surface area (Å²) in [5, 5.41) is 2.67. The number of nitrogens with one attached hydrogen (secondary N) is 1. The first-order valence-electron chi connectivity index (χ1n) is 7.99. The smallest absolute Gasteiger partial charge is 0.416 e. The Morgan fingerprint density at radius 3 is 2.11 bits per heavy atom. The van der Waals surface area contributed by atoms with Gasteiger partial charge in [0.25, 0.3) is 5.91 Å². The lowest BCUT2D eigenvalue weighted by Crippen LogP contribution is -2.27. The molecule has 8 heteroatoms. The molecule has 0 saturated carbocycles.